The summed E-state index contributed by atoms with van der Waals surface area (Å²) < 4.78 is 4.69. The van der Waals surface area contributed by atoms with Crippen LogP contribution in [0.15, 0.2) is 40.6 Å². The summed E-state index contributed by atoms with van der Waals surface area (Å²) in [6, 6.07) is 9.30. The molecule has 83 valence electrons. The monoisotopic (exact) mass is 273 g/mol. The van der Waals surface area contributed by atoms with Gasteiger partial charge >= 0.3 is 5.97 Å². The first-order valence-electron chi connectivity index (χ1n) is 4.67. The number of thiol groups is 1. The Kier molecular flexibility index (Phi) is 5.76. The Morgan fingerprint density at radius 3 is 2.71 bits per heavy atom. The van der Waals surface area contributed by atoms with Crippen LogP contribution < -0.4 is 0 Å². The largest absolute Gasteiger partial charge is 0.465 e. The van der Waals surface area contributed by atoms with E-state index in [-0.39, 0.29) is 35.5 Å². The number of thiophene rings is 1. The van der Waals surface area contributed by atoms with Gasteiger partial charge in [-0.15, -0.1) is 24.0 Å². The van der Waals surface area contributed by atoms with Crippen molar-refractivity contribution in [2.45, 2.75) is 4.90 Å². The van der Waals surface area contributed by atoms with Crippen molar-refractivity contribution in [2.24, 2.45) is 0 Å². The second-order valence-corrected chi connectivity index (χ2v) is 4.63. The standard InChI is InChI=1S/C12H10O2S2.Na/c1-14-12(13)8-4-5-10(15)9(7-8)11-3-2-6-16-11;/h2-7,15H,1H3;. The zero-order valence-corrected chi connectivity index (χ0v) is 13.3. The van der Waals surface area contributed by atoms with Crippen LogP contribution in [-0.2, 0) is 4.74 Å². The first-order valence-corrected chi connectivity index (χ1v) is 6.00. The third-order valence-electron chi connectivity index (χ3n) is 2.20. The molecule has 17 heavy (non-hydrogen) atoms. The number of esters is 1. The third-order valence-corrected chi connectivity index (χ3v) is 3.50. The molecule has 5 heteroatoms. The molecule has 1 heterocycles. The van der Waals surface area contributed by atoms with E-state index in [2.05, 4.69) is 17.4 Å². The van der Waals surface area contributed by atoms with Crippen molar-refractivity contribution in [1.29, 1.82) is 0 Å². The molecule has 0 amide bonds. The summed E-state index contributed by atoms with van der Waals surface area (Å²) in [5.41, 5.74) is 1.50. The minimum Gasteiger partial charge on any atom is -0.465 e. The molecule has 0 saturated heterocycles. The van der Waals surface area contributed by atoms with Crippen LogP contribution in [-0.4, -0.2) is 42.6 Å². The maximum atomic E-state index is 11.4. The first kappa shape index (κ1) is 14.8. The molecule has 0 unspecified atom stereocenters. The third kappa shape index (κ3) is 3.36. The van der Waals surface area contributed by atoms with Crippen LogP contribution in [0.25, 0.3) is 10.4 Å². The van der Waals surface area contributed by atoms with E-state index in [0.29, 0.717) is 5.56 Å². The van der Waals surface area contributed by atoms with Crippen LogP contribution in [0.1, 0.15) is 10.4 Å². The van der Waals surface area contributed by atoms with E-state index >= 15 is 0 Å². The van der Waals surface area contributed by atoms with Gasteiger partial charge in [0.1, 0.15) is 0 Å². The first-order chi connectivity index (χ1) is 7.72. The fourth-order valence-corrected chi connectivity index (χ4v) is 2.50. The second-order valence-electron chi connectivity index (χ2n) is 3.20. The Labute approximate surface area is 132 Å². The maximum Gasteiger partial charge on any atom is 0.337 e. The number of rotatable bonds is 2. The van der Waals surface area contributed by atoms with Gasteiger partial charge < -0.3 is 4.74 Å². The molecule has 0 N–H and O–H groups in total. The number of methoxy groups -OCH3 is 1. The Hall–Kier alpha value is -0.260. The summed E-state index contributed by atoms with van der Waals surface area (Å²) in [4.78, 5) is 13.4. The van der Waals surface area contributed by atoms with Crippen LogP contribution >= 0.6 is 24.0 Å². The van der Waals surface area contributed by atoms with Gasteiger partial charge in [-0.2, -0.15) is 0 Å². The average Bonchev–Trinajstić information content (AvgIpc) is 2.82. The normalized spacial score (nSPS) is 9.53. The molecule has 0 aliphatic heterocycles. The SMILES string of the molecule is COC(=O)c1ccc(S)c(-c2cccs2)c1.[Na]. The Morgan fingerprint density at radius 2 is 2.12 bits per heavy atom. The molecule has 0 fully saturated rings. The van der Waals surface area contributed by atoms with Gasteiger partial charge in [0.15, 0.2) is 0 Å². The number of hydrogen-bond donors (Lipinski definition) is 1. The minimum atomic E-state index is -0.328. The van der Waals surface area contributed by atoms with Crippen molar-refractivity contribution in [1.82, 2.24) is 0 Å². The van der Waals surface area contributed by atoms with Gasteiger partial charge in [0, 0.05) is 44.9 Å². The molecule has 1 aromatic heterocycles. The predicted molar refractivity (Wildman–Crippen MR) is 74.1 cm³/mol. The summed E-state index contributed by atoms with van der Waals surface area (Å²) in [5, 5.41) is 1.99. The molecular weight excluding hydrogens is 263 g/mol. The van der Waals surface area contributed by atoms with E-state index in [9.17, 15) is 4.79 Å². The zero-order valence-electron chi connectivity index (χ0n) is 9.64. The summed E-state index contributed by atoms with van der Waals surface area (Å²) >= 11 is 6.00. The number of ether oxygens (including phenoxy) is 1. The number of carbonyl (C=O) groups excluding carboxylic acids is 1. The maximum absolute atomic E-state index is 11.4. The van der Waals surface area contributed by atoms with Crippen LogP contribution in [0.4, 0.5) is 0 Å². The van der Waals surface area contributed by atoms with Gasteiger partial charge in [0.2, 0.25) is 0 Å². The van der Waals surface area contributed by atoms with Gasteiger partial charge in [0.05, 0.1) is 12.7 Å². The average molecular weight is 273 g/mol. The molecule has 2 nitrogen and oxygen atoms in total. The molecule has 1 radical (unpaired) electrons. The molecule has 1 aromatic carbocycles. The predicted octanol–water partition coefficient (Wildman–Crippen LogP) is 3.11. The summed E-state index contributed by atoms with van der Waals surface area (Å²) in [6.45, 7) is 0. The number of hydrogen-bond acceptors (Lipinski definition) is 4. The Balaban J connectivity index is 0.00000144. The Morgan fingerprint density at radius 1 is 1.35 bits per heavy atom. The van der Waals surface area contributed by atoms with Crippen molar-refractivity contribution in [3.05, 3.63) is 41.3 Å². The van der Waals surface area contributed by atoms with Crippen molar-refractivity contribution in [3.63, 3.8) is 0 Å². The van der Waals surface area contributed by atoms with Gasteiger partial charge in [-0.3, -0.25) is 0 Å². The second kappa shape index (κ2) is 6.61. The van der Waals surface area contributed by atoms with Crippen LogP contribution in [0.2, 0.25) is 0 Å². The zero-order chi connectivity index (χ0) is 11.5. The molecule has 0 saturated carbocycles. The molecule has 0 spiro atoms. The molecule has 0 aliphatic carbocycles. The van der Waals surface area contributed by atoms with Crippen molar-refractivity contribution < 1.29 is 9.53 Å². The van der Waals surface area contributed by atoms with Crippen molar-refractivity contribution in [2.75, 3.05) is 7.11 Å². The van der Waals surface area contributed by atoms with Crippen LogP contribution in [0.3, 0.4) is 0 Å². The van der Waals surface area contributed by atoms with Crippen LogP contribution in [0, 0.1) is 0 Å². The molecule has 0 bridgehead atoms. The van der Waals surface area contributed by atoms with E-state index in [1.54, 1.807) is 23.5 Å². The number of carbonyl (C=O) groups is 1. The van der Waals surface area contributed by atoms with E-state index in [0.717, 1.165) is 15.3 Å². The molecule has 2 aromatic rings. The molecule has 0 aliphatic rings. The van der Waals surface area contributed by atoms with E-state index in [1.807, 2.05) is 23.6 Å². The summed E-state index contributed by atoms with van der Waals surface area (Å²) in [5.74, 6) is -0.328. The Bertz CT molecular complexity index is 509. The smallest absolute Gasteiger partial charge is 0.337 e. The van der Waals surface area contributed by atoms with Gasteiger partial charge in [0.25, 0.3) is 0 Å². The van der Waals surface area contributed by atoms with Crippen molar-refractivity contribution in [3.8, 4) is 10.4 Å². The molecule has 0 atom stereocenters. The van der Waals surface area contributed by atoms with Gasteiger partial charge in [-0.1, -0.05) is 6.07 Å². The molecular formula is C12H10NaO2S2. The fraction of sp³-hybridized carbons (Fsp3) is 0.0833. The summed E-state index contributed by atoms with van der Waals surface area (Å²) in [7, 11) is 1.38. The van der Waals surface area contributed by atoms with Gasteiger partial charge in [-0.25, -0.2) is 4.79 Å². The van der Waals surface area contributed by atoms with Gasteiger partial charge in [-0.05, 0) is 29.6 Å². The summed E-state index contributed by atoms with van der Waals surface area (Å²) in [6.07, 6.45) is 0. The fourth-order valence-electron chi connectivity index (χ4n) is 1.41. The van der Waals surface area contributed by atoms with Crippen LogP contribution in [0.5, 0.6) is 0 Å². The number of benzene rings is 1. The minimum absolute atomic E-state index is 0. The van der Waals surface area contributed by atoms with E-state index in [1.165, 1.54) is 7.11 Å². The topological polar surface area (TPSA) is 26.3 Å². The van der Waals surface area contributed by atoms with E-state index in [4.69, 9.17) is 0 Å². The quantitative estimate of drug-likeness (QED) is 0.517. The van der Waals surface area contributed by atoms with Crippen molar-refractivity contribution >= 4 is 59.5 Å². The van der Waals surface area contributed by atoms with E-state index < -0.39 is 0 Å². The molecule has 2 rings (SSSR count).